The zero-order valence-corrected chi connectivity index (χ0v) is 8.99. The number of rotatable bonds is 2. The summed E-state index contributed by atoms with van der Waals surface area (Å²) in [5.74, 6) is 0.799. The highest BCUT2D eigenvalue weighted by molar-refractivity contribution is 5.62. The number of ether oxygens (including phenoxy) is 1. The molecule has 0 aliphatic carbocycles. The van der Waals surface area contributed by atoms with Gasteiger partial charge in [-0.25, -0.2) is 4.98 Å². The van der Waals surface area contributed by atoms with Crippen molar-refractivity contribution in [1.29, 1.82) is 0 Å². The molecule has 3 N–H and O–H groups in total. The zero-order valence-electron chi connectivity index (χ0n) is 8.99. The van der Waals surface area contributed by atoms with E-state index >= 15 is 0 Å². The highest BCUT2D eigenvalue weighted by Crippen LogP contribution is 2.19. The Morgan fingerprint density at radius 3 is 2.87 bits per heavy atom. The summed E-state index contributed by atoms with van der Waals surface area (Å²) in [7, 11) is 0. The average Bonchev–Trinajstić information content (AvgIpc) is 2.24. The maximum absolute atomic E-state index is 5.88. The van der Waals surface area contributed by atoms with Crippen molar-refractivity contribution < 1.29 is 4.74 Å². The number of hydrogen-bond acceptors (Lipinski definition) is 4. The molecule has 1 aliphatic rings. The van der Waals surface area contributed by atoms with Gasteiger partial charge in [-0.3, -0.25) is 0 Å². The number of nitrogen functional groups attached to an aromatic ring is 1. The second-order valence-electron chi connectivity index (χ2n) is 3.98. The Morgan fingerprint density at radius 2 is 2.20 bits per heavy atom. The summed E-state index contributed by atoms with van der Waals surface area (Å²) in [6.45, 7) is 3.63. The normalized spacial score (nSPS) is 17.7. The van der Waals surface area contributed by atoms with Crippen molar-refractivity contribution >= 4 is 11.5 Å². The minimum Gasteiger partial charge on any atom is -0.396 e. The van der Waals surface area contributed by atoms with E-state index in [9.17, 15) is 0 Å². The van der Waals surface area contributed by atoms with E-state index in [1.807, 2.05) is 19.2 Å². The number of nitrogens with one attached hydrogen (secondary N) is 1. The third-order valence-electron chi connectivity index (χ3n) is 2.62. The molecule has 82 valence electrons. The second-order valence-corrected chi connectivity index (χ2v) is 3.98. The summed E-state index contributed by atoms with van der Waals surface area (Å²) >= 11 is 0. The Hall–Kier alpha value is -1.29. The van der Waals surface area contributed by atoms with Crippen LogP contribution >= 0.6 is 0 Å². The first-order valence-corrected chi connectivity index (χ1v) is 5.32. The van der Waals surface area contributed by atoms with Crippen LogP contribution in [0, 0.1) is 6.92 Å². The molecule has 2 rings (SSSR count). The van der Waals surface area contributed by atoms with Gasteiger partial charge in [0, 0.05) is 25.5 Å². The van der Waals surface area contributed by atoms with Gasteiger partial charge in [-0.2, -0.15) is 0 Å². The third-order valence-corrected chi connectivity index (χ3v) is 2.62. The van der Waals surface area contributed by atoms with Gasteiger partial charge in [0.2, 0.25) is 0 Å². The standard InChI is InChI=1S/C11H17N3O/c1-8-6-10(12)11(13-7-8)14-9-2-4-15-5-3-9/h6-7,9H,2-5,12H2,1H3,(H,13,14). The van der Waals surface area contributed by atoms with E-state index in [1.165, 1.54) is 0 Å². The lowest BCUT2D eigenvalue weighted by molar-refractivity contribution is 0.0904. The molecule has 4 heteroatoms. The summed E-state index contributed by atoms with van der Waals surface area (Å²) in [4.78, 5) is 4.29. The Kier molecular flexibility index (Phi) is 3.06. The van der Waals surface area contributed by atoms with Gasteiger partial charge in [-0.1, -0.05) is 0 Å². The van der Waals surface area contributed by atoms with Crippen LogP contribution in [0.1, 0.15) is 18.4 Å². The first kappa shape index (κ1) is 10.2. The fourth-order valence-corrected chi connectivity index (χ4v) is 1.75. The Labute approximate surface area is 89.8 Å². The van der Waals surface area contributed by atoms with E-state index in [4.69, 9.17) is 10.5 Å². The zero-order chi connectivity index (χ0) is 10.7. The highest BCUT2D eigenvalue weighted by Gasteiger charge is 2.14. The fourth-order valence-electron chi connectivity index (χ4n) is 1.75. The maximum Gasteiger partial charge on any atom is 0.149 e. The molecule has 0 spiro atoms. The molecule has 1 aromatic heterocycles. The molecule has 1 aliphatic heterocycles. The van der Waals surface area contributed by atoms with Gasteiger partial charge in [0.25, 0.3) is 0 Å². The number of pyridine rings is 1. The molecule has 2 heterocycles. The topological polar surface area (TPSA) is 60.2 Å². The molecule has 0 saturated carbocycles. The Balaban J connectivity index is 2.03. The maximum atomic E-state index is 5.88. The van der Waals surface area contributed by atoms with Crippen LogP contribution in [0.25, 0.3) is 0 Å². The Bertz CT molecular complexity index is 335. The molecule has 0 atom stereocenters. The lowest BCUT2D eigenvalue weighted by Crippen LogP contribution is -2.28. The largest absolute Gasteiger partial charge is 0.396 e. The van der Waals surface area contributed by atoms with Gasteiger partial charge < -0.3 is 15.8 Å². The quantitative estimate of drug-likeness (QED) is 0.772. The number of nitrogens with two attached hydrogens (primary N) is 1. The number of anilines is 2. The predicted octanol–water partition coefficient (Wildman–Crippen LogP) is 1.56. The van der Waals surface area contributed by atoms with Crippen LogP contribution in [0.4, 0.5) is 11.5 Å². The van der Waals surface area contributed by atoms with Crippen LogP contribution in [-0.4, -0.2) is 24.2 Å². The highest BCUT2D eigenvalue weighted by atomic mass is 16.5. The van der Waals surface area contributed by atoms with Crippen LogP contribution < -0.4 is 11.1 Å². The van der Waals surface area contributed by atoms with Crippen molar-refractivity contribution in [3.05, 3.63) is 17.8 Å². The average molecular weight is 207 g/mol. The van der Waals surface area contributed by atoms with Crippen LogP contribution in [-0.2, 0) is 4.74 Å². The third kappa shape index (κ3) is 2.59. The summed E-state index contributed by atoms with van der Waals surface area (Å²) in [6.07, 6.45) is 3.88. The van der Waals surface area contributed by atoms with Crippen molar-refractivity contribution in [2.24, 2.45) is 0 Å². The van der Waals surface area contributed by atoms with Gasteiger partial charge in [0.1, 0.15) is 5.82 Å². The first-order chi connectivity index (χ1) is 7.25. The SMILES string of the molecule is Cc1cnc(NC2CCOCC2)c(N)c1. The Morgan fingerprint density at radius 1 is 1.47 bits per heavy atom. The van der Waals surface area contributed by atoms with Crippen LogP contribution in [0.15, 0.2) is 12.3 Å². The van der Waals surface area contributed by atoms with Crippen molar-refractivity contribution in [1.82, 2.24) is 4.98 Å². The molecular formula is C11H17N3O. The van der Waals surface area contributed by atoms with Crippen molar-refractivity contribution in [2.45, 2.75) is 25.8 Å². The molecule has 0 amide bonds. The van der Waals surface area contributed by atoms with E-state index in [0.717, 1.165) is 43.1 Å². The number of aryl methyl sites for hydroxylation is 1. The number of hydrogen-bond donors (Lipinski definition) is 2. The fraction of sp³-hybridized carbons (Fsp3) is 0.545. The molecule has 15 heavy (non-hydrogen) atoms. The molecule has 1 fully saturated rings. The monoisotopic (exact) mass is 207 g/mol. The molecule has 0 unspecified atom stereocenters. The van der Waals surface area contributed by atoms with E-state index in [-0.39, 0.29) is 0 Å². The minimum atomic E-state index is 0.441. The lowest BCUT2D eigenvalue weighted by atomic mass is 10.1. The summed E-state index contributed by atoms with van der Waals surface area (Å²) in [5.41, 5.74) is 7.69. The van der Waals surface area contributed by atoms with Gasteiger partial charge in [0.15, 0.2) is 0 Å². The molecule has 1 aromatic rings. The number of nitrogens with zero attached hydrogens (tertiary/aromatic N) is 1. The van der Waals surface area contributed by atoms with E-state index < -0.39 is 0 Å². The van der Waals surface area contributed by atoms with E-state index in [0.29, 0.717) is 6.04 Å². The molecule has 0 aromatic carbocycles. The van der Waals surface area contributed by atoms with Crippen LogP contribution in [0.3, 0.4) is 0 Å². The molecule has 0 radical (unpaired) electrons. The van der Waals surface area contributed by atoms with Crippen LogP contribution in [0.5, 0.6) is 0 Å². The van der Waals surface area contributed by atoms with Crippen molar-refractivity contribution in [3.8, 4) is 0 Å². The predicted molar refractivity (Wildman–Crippen MR) is 60.9 cm³/mol. The van der Waals surface area contributed by atoms with Gasteiger partial charge in [0.05, 0.1) is 5.69 Å². The van der Waals surface area contributed by atoms with E-state index in [2.05, 4.69) is 10.3 Å². The molecule has 4 nitrogen and oxygen atoms in total. The smallest absolute Gasteiger partial charge is 0.149 e. The van der Waals surface area contributed by atoms with Crippen molar-refractivity contribution in [3.63, 3.8) is 0 Å². The summed E-state index contributed by atoms with van der Waals surface area (Å²) < 4.78 is 5.30. The van der Waals surface area contributed by atoms with Gasteiger partial charge in [-0.05, 0) is 31.4 Å². The second kappa shape index (κ2) is 4.49. The molecule has 1 saturated heterocycles. The van der Waals surface area contributed by atoms with Gasteiger partial charge in [-0.15, -0.1) is 0 Å². The van der Waals surface area contributed by atoms with E-state index in [1.54, 1.807) is 0 Å². The van der Waals surface area contributed by atoms with Crippen LogP contribution in [0.2, 0.25) is 0 Å². The summed E-state index contributed by atoms with van der Waals surface area (Å²) in [5, 5.41) is 3.36. The first-order valence-electron chi connectivity index (χ1n) is 5.32. The molecular weight excluding hydrogens is 190 g/mol. The summed E-state index contributed by atoms with van der Waals surface area (Å²) in [6, 6.07) is 2.38. The lowest BCUT2D eigenvalue weighted by Gasteiger charge is -2.24. The number of aromatic nitrogens is 1. The molecule has 0 bridgehead atoms. The van der Waals surface area contributed by atoms with Crippen molar-refractivity contribution in [2.75, 3.05) is 24.3 Å². The minimum absolute atomic E-state index is 0.441. The van der Waals surface area contributed by atoms with Gasteiger partial charge >= 0.3 is 0 Å².